The largest absolute Gasteiger partial charge is 0.395 e. The third-order valence-corrected chi connectivity index (χ3v) is 4.49. The van der Waals surface area contributed by atoms with Crippen molar-refractivity contribution in [2.75, 3.05) is 0 Å². The van der Waals surface area contributed by atoms with Crippen molar-refractivity contribution in [2.45, 2.75) is 40.0 Å². The van der Waals surface area contributed by atoms with E-state index < -0.39 is 0 Å². The van der Waals surface area contributed by atoms with Gasteiger partial charge in [0.15, 0.2) is 0 Å². The number of carbonyl (C=O) groups excluding carboxylic acids is 2. The summed E-state index contributed by atoms with van der Waals surface area (Å²) >= 11 is 0. The van der Waals surface area contributed by atoms with E-state index >= 15 is 0 Å². The molecule has 0 amide bonds. The Morgan fingerprint density at radius 2 is 1.94 bits per heavy atom. The van der Waals surface area contributed by atoms with Crippen LogP contribution in [-0.4, -0.2) is 12.4 Å². The number of rotatable bonds is 2. The summed E-state index contributed by atoms with van der Waals surface area (Å²) in [5.41, 5.74) is 0.331. The Bertz CT molecular complexity index is 308. The molecule has 0 radical (unpaired) electrons. The second-order valence-corrected chi connectivity index (χ2v) is 6.25. The number of esters is 1. The van der Waals surface area contributed by atoms with Crippen molar-refractivity contribution >= 4 is 12.4 Å². The summed E-state index contributed by atoms with van der Waals surface area (Å²) in [6.07, 6.45) is 3.39. The molecule has 0 aromatic heterocycles. The van der Waals surface area contributed by atoms with E-state index in [2.05, 4.69) is 25.5 Å². The first-order chi connectivity index (χ1) is 7.44. The van der Waals surface area contributed by atoms with Gasteiger partial charge < -0.3 is 4.74 Å². The maximum Gasteiger partial charge on any atom is 0.316 e. The molecule has 16 heavy (non-hydrogen) atoms. The van der Waals surface area contributed by atoms with Crippen molar-refractivity contribution < 1.29 is 14.3 Å². The van der Waals surface area contributed by atoms with Crippen LogP contribution in [0.3, 0.4) is 0 Å². The van der Waals surface area contributed by atoms with Gasteiger partial charge in [0.2, 0.25) is 0 Å². The topological polar surface area (TPSA) is 43.4 Å². The Kier molecular flexibility index (Phi) is 2.81. The fraction of sp³-hybridized carbons (Fsp3) is 0.846. The van der Waals surface area contributed by atoms with Gasteiger partial charge in [-0.1, -0.05) is 20.8 Å². The maximum atomic E-state index is 11.8. The van der Waals surface area contributed by atoms with E-state index in [1.54, 1.807) is 0 Å². The normalized spacial score (nSPS) is 40.4. The van der Waals surface area contributed by atoms with Crippen molar-refractivity contribution in [1.29, 1.82) is 0 Å². The lowest BCUT2D eigenvalue weighted by atomic mass is 9.71. The summed E-state index contributed by atoms with van der Waals surface area (Å²) in [6.45, 7) is 6.93. The van der Waals surface area contributed by atoms with Gasteiger partial charge in [-0.15, -0.1) is 0 Å². The van der Waals surface area contributed by atoms with E-state index in [-0.39, 0.29) is 18.4 Å². The van der Waals surface area contributed by atoms with Crippen LogP contribution in [-0.2, 0) is 14.3 Å². The Morgan fingerprint density at radius 3 is 2.56 bits per heavy atom. The van der Waals surface area contributed by atoms with Gasteiger partial charge in [-0.3, -0.25) is 9.59 Å². The summed E-state index contributed by atoms with van der Waals surface area (Å²) < 4.78 is 4.55. The molecule has 0 aromatic rings. The number of hydrogen-bond donors (Lipinski definition) is 0. The molecule has 3 heteroatoms. The van der Waals surface area contributed by atoms with Gasteiger partial charge in [-0.25, -0.2) is 0 Å². The van der Waals surface area contributed by atoms with Gasteiger partial charge in [0.25, 0.3) is 0 Å². The lowest BCUT2D eigenvalue weighted by Gasteiger charge is -2.35. The molecular weight excluding hydrogens is 204 g/mol. The Balaban J connectivity index is 2.16. The molecule has 2 bridgehead atoms. The van der Waals surface area contributed by atoms with E-state index in [1.165, 1.54) is 6.42 Å². The number of carbonyl (C=O) groups is 2. The third kappa shape index (κ3) is 1.87. The highest BCUT2D eigenvalue weighted by Gasteiger charge is 2.51. The molecule has 0 saturated heterocycles. The highest BCUT2D eigenvalue weighted by Crippen LogP contribution is 2.55. The molecule has 2 saturated carbocycles. The number of fused-ring (bicyclic) bond motifs is 2. The minimum absolute atomic E-state index is 0.0584. The van der Waals surface area contributed by atoms with Crippen molar-refractivity contribution in [3.63, 3.8) is 0 Å². The van der Waals surface area contributed by atoms with Gasteiger partial charge in [0, 0.05) is 0 Å². The SMILES string of the molecule is CC1C2CC(CC(C)(C)C2)C1C(=O)OC=O. The zero-order valence-corrected chi connectivity index (χ0v) is 10.2. The lowest BCUT2D eigenvalue weighted by molar-refractivity contribution is -0.157. The van der Waals surface area contributed by atoms with Gasteiger partial charge in [0.1, 0.15) is 0 Å². The monoisotopic (exact) mass is 224 g/mol. The zero-order valence-electron chi connectivity index (χ0n) is 10.2. The summed E-state index contributed by atoms with van der Waals surface area (Å²) in [5, 5.41) is 0. The Morgan fingerprint density at radius 1 is 1.31 bits per heavy atom. The van der Waals surface area contributed by atoms with Crippen LogP contribution >= 0.6 is 0 Å². The van der Waals surface area contributed by atoms with Crippen molar-refractivity contribution in [1.82, 2.24) is 0 Å². The van der Waals surface area contributed by atoms with Crippen molar-refractivity contribution in [3.8, 4) is 0 Å². The molecule has 2 aliphatic carbocycles. The second kappa shape index (κ2) is 3.86. The minimum atomic E-state index is -0.312. The van der Waals surface area contributed by atoms with Crippen LogP contribution in [0.15, 0.2) is 0 Å². The van der Waals surface area contributed by atoms with Crippen LogP contribution in [0.5, 0.6) is 0 Å². The summed E-state index contributed by atoms with van der Waals surface area (Å²) in [4.78, 5) is 22.0. The highest BCUT2D eigenvalue weighted by atomic mass is 16.6. The molecule has 2 aliphatic rings. The Labute approximate surface area is 96.5 Å². The molecule has 4 atom stereocenters. The van der Waals surface area contributed by atoms with E-state index in [4.69, 9.17) is 0 Å². The number of hydrogen-bond acceptors (Lipinski definition) is 3. The molecule has 0 aromatic carbocycles. The minimum Gasteiger partial charge on any atom is -0.395 e. The van der Waals surface area contributed by atoms with Gasteiger partial charge in [0.05, 0.1) is 5.92 Å². The lowest BCUT2D eigenvalue weighted by Crippen LogP contribution is -2.27. The van der Waals surface area contributed by atoms with Crippen molar-refractivity contribution in [2.24, 2.45) is 29.1 Å². The first-order valence-corrected chi connectivity index (χ1v) is 6.09. The third-order valence-electron chi connectivity index (χ3n) is 4.49. The molecule has 0 aliphatic heterocycles. The quantitative estimate of drug-likeness (QED) is 0.411. The van der Waals surface area contributed by atoms with E-state index in [0.29, 0.717) is 23.2 Å². The predicted octanol–water partition coefficient (Wildman–Crippen LogP) is 2.39. The van der Waals surface area contributed by atoms with Gasteiger partial charge in [-0.05, 0) is 42.4 Å². The van der Waals surface area contributed by atoms with E-state index in [0.717, 1.165) is 12.8 Å². The fourth-order valence-corrected chi connectivity index (χ4v) is 3.99. The van der Waals surface area contributed by atoms with Crippen molar-refractivity contribution in [3.05, 3.63) is 0 Å². The average Bonchev–Trinajstić information content (AvgIpc) is 2.37. The first-order valence-electron chi connectivity index (χ1n) is 6.09. The van der Waals surface area contributed by atoms with Crippen LogP contribution in [0.25, 0.3) is 0 Å². The molecule has 90 valence electrons. The second-order valence-electron chi connectivity index (χ2n) is 6.25. The molecule has 2 rings (SSSR count). The molecule has 4 unspecified atom stereocenters. The van der Waals surface area contributed by atoms with Crippen LogP contribution in [0.2, 0.25) is 0 Å². The van der Waals surface area contributed by atoms with Gasteiger partial charge >= 0.3 is 12.4 Å². The van der Waals surface area contributed by atoms with E-state index in [9.17, 15) is 9.59 Å². The standard InChI is InChI=1S/C13H20O3/c1-8-9-4-10(6-13(2,3)5-9)11(8)12(15)16-7-14/h7-11H,4-6H2,1-3H3. The average molecular weight is 224 g/mol. The van der Waals surface area contributed by atoms with Crippen LogP contribution in [0.1, 0.15) is 40.0 Å². The zero-order chi connectivity index (χ0) is 11.9. The molecule has 0 N–H and O–H groups in total. The van der Waals surface area contributed by atoms with Gasteiger partial charge in [-0.2, -0.15) is 0 Å². The summed E-state index contributed by atoms with van der Waals surface area (Å²) in [7, 11) is 0. The van der Waals surface area contributed by atoms with E-state index in [1.807, 2.05) is 0 Å². The molecule has 0 heterocycles. The maximum absolute atomic E-state index is 11.8. The summed E-state index contributed by atoms with van der Waals surface area (Å²) in [6, 6.07) is 0. The predicted molar refractivity (Wildman–Crippen MR) is 59.4 cm³/mol. The fourth-order valence-electron chi connectivity index (χ4n) is 3.99. The molecule has 2 fully saturated rings. The number of ether oxygens (including phenoxy) is 1. The molecule has 3 nitrogen and oxygen atoms in total. The van der Waals surface area contributed by atoms with Crippen LogP contribution in [0.4, 0.5) is 0 Å². The summed E-state index contributed by atoms with van der Waals surface area (Å²) in [5.74, 6) is 1.03. The Hall–Kier alpha value is -0.860. The van der Waals surface area contributed by atoms with Crippen LogP contribution < -0.4 is 0 Å². The molecular formula is C13H20O3. The smallest absolute Gasteiger partial charge is 0.316 e. The first kappa shape index (κ1) is 11.6. The highest BCUT2D eigenvalue weighted by molar-refractivity contribution is 5.79. The van der Waals surface area contributed by atoms with Crippen LogP contribution in [0, 0.1) is 29.1 Å². The molecule has 0 spiro atoms.